The molecule has 4 atom stereocenters. The molecule has 1 aliphatic carbocycles. The minimum absolute atomic E-state index is 0.273. The first-order valence-corrected chi connectivity index (χ1v) is 8.00. The molecule has 1 heterocycles. The molecule has 2 nitrogen and oxygen atoms in total. The van der Waals surface area contributed by atoms with Crippen LogP contribution in [0.25, 0.3) is 0 Å². The molecule has 0 radical (unpaired) electrons. The Morgan fingerprint density at radius 3 is 2.76 bits per heavy atom. The SMILES string of the molecule is CCC1(C)CSC(=NC2CCC(C)CC2C)N1. The van der Waals surface area contributed by atoms with E-state index in [1.165, 1.54) is 36.6 Å². The van der Waals surface area contributed by atoms with Gasteiger partial charge in [0.15, 0.2) is 5.17 Å². The molecule has 1 N–H and O–H groups in total. The maximum absolute atomic E-state index is 4.96. The van der Waals surface area contributed by atoms with Gasteiger partial charge in [-0.15, -0.1) is 0 Å². The van der Waals surface area contributed by atoms with Gasteiger partial charge in [-0.3, -0.25) is 4.99 Å². The van der Waals surface area contributed by atoms with E-state index in [4.69, 9.17) is 4.99 Å². The van der Waals surface area contributed by atoms with Crippen molar-refractivity contribution in [3.63, 3.8) is 0 Å². The first kappa shape index (κ1) is 13.3. The number of nitrogens with one attached hydrogen (secondary N) is 1. The minimum atomic E-state index is 0.273. The fourth-order valence-corrected chi connectivity index (χ4v) is 4.07. The van der Waals surface area contributed by atoms with Gasteiger partial charge in [-0.25, -0.2) is 0 Å². The van der Waals surface area contributed by atoms with Crippen molar-refractivity contribution in [2.75, 3.05) is 5.75 Å². The molecule has 0 spiro atoms. The molecule has 3 heteroatoms. The summed E-state index contributed by atoms with van der Waals surface area (Å²) in [5, 5.41) is 4.80. The third kappa shape index (κ3) is 3.18. The summed E-state index contributed by atoms with van der Waals surface area (Å²) in [5.41, 5.74) is 0.273. The van der Waals surface area contributed by atoms with Crippen LogP contribution in [0.2, 0.25) is 0 Å². The number of rotatable bonds is 2. The molecule has 17 heavy (non-hydrogen) atoms. The molecular formula is C14H26N2S. The Bertz CT molecular complexity index is 303. The van der Waals surface area contributed by atoms with Crippen LogP contribution in [0.5, 0.6) is 0 Å². The lowest BCUT2D eigenvalue weighted by atomic mass is 9.80. The predicted molar refractivity (Wildman–Crippen MR) is 77.7 cm³/mol. The molecule has 0 aromatic rings. The van der Waals surface area contributed by atoms with E-state index in [0.717, 1.165) is 11.8 Å². The van der Waals surface area contributed by atoms with Gasteiger partial charge in [-0.1, -0.05) is 32.5 Å². The number of hydrogen-bond donors (Lipinski definition) is 1. The Labute approximate surface area is 110 Å². The van der Waals surface area contributed by atoms with Crippen molar-refractivity contribution in [3.8, 4) is 0 Å². The van der Waals surface area contributed by atoms with E-state index in [2.05, 4.69) is 33.0 Å². The number of hydrogen-bond acceptors (Lipinski definition) is 2. The van der Waals surface area contributed by atoms with E-state index < -0.39 is 0 Å². The zero-order chi connectivity index (χ0) is 12.5. The Kier molecular flexibility index (Phi) is 4.06. The van der Waals surface area contributed by atoms with Crippen LogP contribution in [0.15, 0.2) is 4.99 Å². The summed E-state index contributed by atoms with van der Waals surface area (Å²) >= 11 is 1.91. The van der Waals surface area contributed by atoms with Crippen LogP contribution in [0.4, 0.5) is 0 Å². The van der Waals surface area contributed by atoms with Crippen molar-refractivity contribution in [1.82, 2.24) is 5.32 Å². The molecule has 2 aliphatic rings. The normalized spacial score (nSPS) is 44.9. The van der Waals surface area contributed by atoms with E-state index in [9.17, 15) is 0 Å². The molecule has 1 aliphatic heterocycles. The second-order valence-electron chi connectivity index (χ2n) is 6.22. The first-order chi connectivity index (χ1) is 8.02. The second kappa shape index (κ2) is 5.21. The largest absolute Gasteiger partial charge is 0.359 e. The van der Waals surface area contributed by atoms with Gasteiger partial charge in [0.05, 0.1) is 6.04 Å². The highest BCUT2D eigenvalue weighted by Crippen LogP contribution is 2.33. The molecule has 0 aromatic carbocycles. The van der Waals surface area contributed by atoms with Crippen LogP contribution in [0.1, 0.15) is 53.4 Å². The number of nitrogens with zero attached hydrogens (tertiary/aromatic N) is 1. The molecule has 1 saturated heterocycles. The maximum atomic E-state index is 4.96. The highest BCUT2D eigenvalue weighted by Gasteiger charge is 2.32. The molecule has 2 rings (SSSR count). The van der Waals surface area contributed by atoms with Crippen molar-refractivity contribution in [3.05, 3.63) is 0 Å². The number of amidine groups is 1. The van der Waals surface area contributed by atoms with Crippen LogP contribution in [-0.2, 0) is 0 Å². The van der Waals surface area contributed by atoms with Crippen LogP contribution in [0.3, 0.4) is 0 Å². The number of thioether (sulfide) groups is 1. The molecule has 4 unspecified atom stereocenters. The summed E-state index contributed by atoms with van der Waals surface area (Å²) in [6, 6.07) is 0.556. The topological polar surface area (TPSA) is 24.4 Å². The van der Waals surface area contributed by atoms with Gasteiger partial charge in [0.2, 0.25) is 0 Å². The third-order valence-corrected chi connectivity index (χ3v) is 5.65. The maximum Gasteiger partial charge on any atom is 0.157 e. The standard InChI is InChI=1S/C14H26N2S/c1-5-14(4)9-17-13(16-14)15-12-7-6-10(2)8-11(12)3/h10-12H,5-9H2,1-4H3,(H,15,16). The lowest BCUT2D eigenvalue weighted by molar-refractivity contribution is 0.264. The van der Waals surface area contributed by atoms with Crippen LogP contribution in [0, 0.1) is 11.8 Å². The van der Waals surface area contributed by atoms with Gasteiger partial charge in [0.1, 0.15) is 0 Å². The average molecular weight is 254 g/mol. The Morgan fingerprint density at radius 2 is 2.18 bits per heavy atom. The first-order valence-electron chi connectivity index (χ1n) is 7.01. The molecule has 0 aromatic heterocycles. The Hall–Kier alpha value is -0.180. The fourth-order valence-electron chi connectivity index (χ4n) is 2.81. The molecule has 0 bridgehead atoms. The zero-order valence-corrected chi connectivity index (χ0v) is 12.4. The lowest BCUT2D eigenvalue weighted by Crippen LogP contribution is -2.40. The van der Waals surface area contributed by atoms with E-state index in [1.807, 2.05) is 11.8 Å². The molecule has 0 amide bonds. The summed E-state index contributed by atoms with van der Waals surface area (Å²) in [7, 11) is 0. The minimum Gasteiger partial charge on any atom is -0.359 e. The van der Waals surface area contributed by atoms with Gasteiger partial charge in [0.25, 0.3) is 0 Å². The monoisotopic (exact) mass is 254 g/mol. The summed E-state index contributed by atoms with van der Waals surface area (Å²) in [4.78, 5) is 4.96. The summed E-state index contributed by atoms with van der Waals surface area (Å²) in [6.45, 7) is 9.29. The molecule has 98 valence electrons. The van der Waals surface area contributed by atoms with Gasteiger partial charge >= 0.3 is 0 Å². The lowest BCUT2D eigenvalue weighted by Gasteiger charge is -2.30. The van der Waals surface area contributed by atoms with E-state index in [-0.39, 0.29) is 5.54 Å². The van der Waals surface area contributed by atoms with Gasteiger partial charge < -0.3 is 5.32 Å². The molecule has 1 saturated carbocycles. The highest BCUT2D eigenvalue weighted by molar-refractivity contribution is 8.14. The predicted octanol–water partition coefficient (Wildman–Crippen LogP) is 3.67. The zero-order valence-electron chi connectivity index (χ0n) is 11.6. The van der Waals surface area contributed by atoms with E-state index in [1.54, 1.807) is 0 Å². The van der Waals surface area contributed by atoms with Crippen molar-refractivity contribution < 1.29 is 0 Å². The van der Waals surface area contributed by atoms with E-state index >= 15 is 0 Å². The fraction of sp³-hybridized carbons (Fsp3) is 0.929. The summed E-state index contributed by atoms with van der Waals surface area (Å²) in [6.07, 6.45) is 5.14. The highest BCUT2D eigenvalue weighted by atomic mass is 32.2. The van der Waals surface area contributed by atoms with Gasteiger partial charge in [-0.2, -0.15) is 0 Å². The third-order valence-electron chi connectivity index (χ3n) is 4.39. The van der Waals surface area contributed by atoms with Crippen molar-refractivity contribution in [1.29, 1.82) is 0 Å². The van der Waals surface area contributed by atoms with Gasteiger partial charge in [0, 0.05) is 11.3 Å². The van der Waals surface area contributed by atoms with Crippen molar-refractivity contribution in [2.45, 2.75) is 65.0 Å². The number of aliphatic imine (C=N–C) groups is 1. The van der Waals surface area contributed by atoms with Gasteiger partial charge in [-0.05, 0) is 44.4 Å². The smallest absolute Gasteiger partial charge is 0.157 e. The average Bonchev–Trinajstić information content (AvgIpc) is 2.66. The Morgan fingerprint density at radius 1 is 1.41 bits per heavy atom. The molecule has 2 fully saturated rings. The quantitative estimate of drug-likeness (QED) is 0.813. The van der Waals surface area contributed by atoms with E-state index in [0.29, 0.717) is 6.04 Å². The van der Waals surface area contributed by atoms with Crippen LogP contribution in [-0.4, -0.2) is 22.5 Å². The summed E-state index contributed by atoms with van der Waals surface area (Å²) in [5.74, 6) is 2.81. The van der Waals surface area contributed by atoms with Crippen molar-refractivity contribution in [2.24, 2.45) is 16.8 Å². The van der Waals surface area contributed by atoms with Crippen molar-refractivity contribution >= 4 is 16.9 Å². The molecular weight excluding hydrogens is 228 g/mol. The second-order valence-corrected chi connectivity index (χ2v) is 7.19. The van der Waals surface area contributed by atoms with Crippen LogP contribution >= 0.6 is 11.8 Å². The van der Waals surface area contributed by atoms with Crippen LogP contribution < -0.4 is 5.32 Å². The Balaban J connectivity index is 1.96. The summed E-state index contributed by atoms with van der Waals surface area (Å²) < 4.78 is 0.